The van der Waals surface area contributed by atoms with Crippen LogP contribution in [0.4, 0.5) is 11.4 Å². The van der Waals surface area contributed by atoms with Crippen LogP contribution in [0.1, 0.15) is 50.7 Å². The maximum absolute atomic E-state index is 11.4. The van der Waals surface area contributed by atoms with Crippen molar-refractivity contribution in [1.82, 2.24) is 0 Å². The lowest BCUT2D eigenvalue weighted by molar-refractivity contribution is -0.138. The molecule has 2 aliphatic rings. The Hall–Kier alpha value is -5.00. The molecule has 2 aromatic rings. The Kier molecular flexibility index (Phi) is 9.27. The van der Waals surface area contributed by atoms with Gasteiger partial charge in [-0.05, 0) is 38.1 Å². The third-order valence-electron chi connectivity index (χ3n) is 7.39. The fraction of sp³-hybridized carbons (Fsp3) is 0.355. The lowest BCUT2D eigenvalue weighted by Gasteiger charge is -2.43. The maximum atomic E-state index is 11.4. The van der Waals surface area contributed by atoms with E-state index in [9.17, 15) is 39.6 Å². The molecule has 0 bridgehead atoms. The van der Waals surface area contributed by atoms with Crippen molar-refractivity contribution in [2.24, 2.45) is 0 Å². The summed E-state index contributed by atoms with van der Waals surface area (Å²) in [5.74, 6) is -4.72. The van der Waals surface area contributed by atoms with Crippen LogP contribution in [-0.2, 0) is 19.2 Å². The summed E-state index contributed by atoms with van der Waals surface area (Å²) < 4.78 is 13.4. The SMILES string of the molecule is CC1=Cc2cccc(N(CCC(=O)O)CCC(=O)O)c2OC12Oc1c(cccc1N(CCC(=O)O)CCC(=O)O)C=C2C. The summed E-state index contributed by atoms with van der Waals surface area (Å²) in [6, 6.07) is 10.7. The highest BCUT2D eigenvalue weighted by Gasteiger charge is 2.46. The average molecular weight is 595 g/mol. The number of para-hydroxylation sites is 2. The quantitative estimate of drug-likeness (QED) is 0.246. The van der Waals surface area contributed by atoms with Crippen molar-refractivity contribution >= 4 is 47.4 Å². The lowest BCUT2D eigenvalue weighted by Crippen LogP contribution is -2.48. The molecule has 12 nitrogen and oxygen atoms in total. The molecule has 0 fully saturated rings. The van der Waals surface area contributed by atoms with E-state index in [1.54, 1.807) is 34.1 Å². The van der Waals surface area contributed by atoms with Gasteiger partial charge in [-0.15, -0.1) is 0 Å². The standard InChI is InChI=1S/C31H34N2O10/c1-19-17-21-5-3-7-23(32(13-9-25(34)35)14-10-26(36)37)29(21)42-31(19)20(2)18-22-6-4-8-24(30(22)43-31)33(15-11-27(38)39)16-12-28(40)41/h3-8,17-18H,9-16H2,1-2H3,(H,34,35)(H,36,37)(H,38,39)(H,40,41). The summed E-state index contributed by atoms with van der Waals surface area (Å²) in [7, 11) is 0. The topological polar surface area (TPSA) is 174 Å². The first-order valence-electron chi connectivity index (χ1n) is 13.8. The number of ether oxygens (including phenoxy) is 2. The Bertz CT molecular complexity index is 1350. The summed E-state index contributed by atoms with van der Waals surface area (Å²) in [4.78, 5) is 48.9. The van der Waals surface area contributed by atoms with Crippen molar-refractivity contribution < 1.29 is 49.1 Å². The predicted octanol–water partition coefficient (Wildman–Crippen LogP) is 4.19. The summed E-state index contributed by atoms with van der Waals surface area (Å²) in [5, 5.41) is 37.3. The molecule has 2 heterocycles. The number of fused-ring (bicyclic) bond motifs is 2. The van der Waals surface area contributed by atoms with Gasteiger partial charge in [0.05, 0.1) is 37.1 Å². The van der Waals surface area contributed by atoms with Crippen LogP contribution in [0.2, 0.25) is 0 Å². The van der Waals surface area contributed by atoms with E-state index in [-0.39, 0.29) is 51.9 Å². The van der Waals surface area contributed by atoms with Gasteiger partial charge in [-0.1, -0.05) is 24.3 Å². The number of aliphatic carboxylic acids is 4. The monoisotopic (exact) mass is 594 g/mol. The van der Waals surface area contributed by atoms with Crippen LogP contribution < -0.4 is 19.3 Å². The largest absolute Gasteiger partial charge is 0.481 e. The smallest absolute Gasteiger partial charge is 0.305 e. The molecule has 43 heavy (non-hydrogen) atoms. The first kappa shape index (κ1) is 30.9. The fourth-order valence-corrected chi connectivity index (χ4v) is 5.26. The zero-order valence-electron chi connectivity index (χ0n) is 23.9. The second kappa shape index (κ2) is 12.9. The minimum Gasteiger partial charge on any atom is -0.481 e. The molecule has 1 spiro atoms. The number of anilines is 2. The number of hydrogen-bond acceptors (Lipinski definition) is 8. The van der Waals surface area contributed by atoms with Crippen LogP contribution in [0.25, 0.3) is 12.2 Å². The molecular formula is C31H34N2O10. The summed E-state index contributed by atoms with van der Waals surface area (Å²) in [6.07, 6.45) is 2.95. The van der Waals surface area contributed by atoms with Gasteiger partial charge in [-0.25, -0.2) is 0 Å². The number of carboxylic acid groups (broad SMARTS) is 4. The number of carbonyl (C=O) groups is 4. The van der Waals surface area contributed by atoms with Gasteiger partial charge in [0.25, 0.3) is 5.79 Å². The Labute approximate surface area is 248 Å². The predicted molar refractivity (Wildman–Crippen MR) is 158 cm³/mol. The molecule has 0 saturated carbocycles. The highest BCUT2D eigenvalue weighted by atomic mass is 16.7. The van der Waals surface area contributed by atoms with Crippen molar-refractivity contribution in [2.45, 2.75) is 45.3 Å². The van der Waals surface area contributed by atoms with Gasteiger partial charge in [-0.2, -0.15) is 0 Å². The molecule has 4 N–H and O–H groups in total. The number of rotatable bonds is 14. The van der Waals surface area contributed by atoms with E-state index >= 15 is 0 Å². The van der Waals surface area contributed by atoms with Gasteiger partial charge in [0.2, 0.25) is 0 Å². The molecule has 0 atom stereocenters. The fourth-order valence-electron chi connectivity index (χ4n) is 5.26. The van der Waals surface area contributed by atoms with Crippen molar-refractivity contribution in [3.8, 4) is 11.5 Å². The second-order valence-electron chi connectivity index (χ2n) is 10.4. The maximum Gasteiger partial charge on any atom is 0.305 e. The van der Waals surface area contributed by atoms with Crippen LogP contribution in [-0.4, -0.2) is 76.3 Å². The highest BCUT2D eigenvalue weighted by Crippen LogP contribution is 2.50. The van der Waals surface area contributed by atoms with Crippen molar-refractivity contribution in [1.29, 1.82) is 0 Å². The Balaban J connectivity index is 1.77. The van der Waals surface area contributed by atoms with E-state index in [0.29, 0.717) is 45.1 Å². The van der Waals surface area contributed by atoms with Gasteiger partial charge in [0, 0.05) is 48.5 Å². The van der Waals surface area contributed by atoms with Gasteiger partial charge >= 0.3 is 23.9 Å². The van der Waals surface area contributed by atoms with Crippen LogP contribution in [0, 0.1) is 0 Å². The minimum atomic E-state index is -1.43. The zero-order chi connectivity index (χ0) is 31.3. The Morgan fingerprint density at radius 1 is 0.605 bits per heavy atom. The molecule has 4 rings (SSSR count). The normalized spacial score (nSPS) is 14.3. The van der Waals surface area contributed by atoms with Crippen LogP contribution in [0.15, 0.2) is 47.5 Å². The molecule has 2 aromatic carbocycles. The molecule has 228 valence electrons. The van der Waals surface area contributed by atoms with E-state index in [1.807, 2.05) is 38.1 Å². The van der Waals surface area contributed by atoms with Gasteiger partial charge in [0.15, 0.2) is 11.5 Å². The summed E-state index contributed by atoms with van der Waals surface area (Å²) in [6.45, 7) is 3.93. The molecule has 2 aliphatic heterocycles. The second-order valence-corrected chi connectivity index (χ2v) is 10.4. The Morgan fingerprint density at radius 3 is 1.23 bits per heavy atom. The molecule has 0 unspecified atom stereocenters. The summed E-state index contributed by atoms with van der Waals surface area (Å²) >= 11 is 0. The van der Waals surface area contributed by atoms with Crippen molar-refractivity contribution in [2.75, 3.05) is 36.0 Å². The van der Waals surface area contributed by atoms with Crippen molar-refractivity contribution in [3.63, 3.8) is 0 Å². The molecule has 0 aliphatic carbocycles. The lowest BCUT2D eigenvalue weighted by atomic mass is 9.90. The molecule has 0 saturated heterocycles. The molecule has 12 heteroatoms. The van der Waals surface area contributed by atoms with Crippen LogP contribution >= 0.6 is 0 Å². The molecule has 0 aromatic heterocycles. The summed E-state index contributed by atoms with van der Waals surface area (Å²) in [5.41, 5.74) is 3.85. The molecular weight excluding hydrogens is 560 g/mol. The molecule has 0 amide bonds. The third kappa shape index (κ3) is 6.91. The van der Waals surface area contributed by atoms with Gasteiger partial charge in [-0.3, -0.25) is 19.2 Å². The van der Waals surface area contributed by atoms with E-state index in [2.05, 4.69) is 0 Å². The van der Waals surface area contributed by atoms with E-state index in [0.717, 1.165) is 0 Å². The van der Waals surface area contributed by atoms with E-state index in [4.69, 9.17) is 9.47 Å². The average Bonchev–Trinajstić information content (AvgIpc) is 2.93. The number of carboxylic acids is 4. The van der Waals surface area contributed by atoms with Crippen LogP contribution in [0.5, 0.6) is 11.5 Å². The van der Waals surface area contributed by atoms with E-state index < -0.39 is 29.7 Å². The highest BCUT2D eigenvalue weighted by molar-refractivity contribution is 5.80. The first-order chi connectivity index (χ1) is 20.4. The minimum absolute atomic E-state index is 0.0584. The zero-order valence-corrected chi connectivity index (χ0v) is 23.9. The molecule has 0 radical (unpaired) electrons. The van der Waals surface area contributed by atoms with Gasteiger partial charge < -0.3 is 39.7 Å². The van der Waals surface area contributed by atoms with E-state index in [1.165, 1.54) is 0 Å². The first-order valence-corrected chi connectivity index (χ1v) is 13.8. The van der Waals surface area contributed by atoms with Crippen molar-refractivity contribution in [3.05, 3.63) is 58.7 Å². The number of nitrogens with zero attached hydrogens (tertiary/aromatic N) is 2. The van der Waals surface area contributed by atoms with Gasteiger partial charge in [0.1, 0.15) is 0 Å². The van der Waals surface area contributed by atoms with Crippen LogP contribution in [0.3, 0.4) is 0 Å². The number of benzene rings is 2. The number of hydrogen-bond donors (Lipinski definition) is 4. The Morgan fingerprint density at radius 2 is 0.930 bits per heavy atom. The third-order valence-corrected chi connectivity index (χ3v) is 7.39.